The van der Waals surface area contributed by atoms with Gasteiger partial charge in [-0.15, -0.1) is 0 Å². The van der Waals surface area contributed by atoms with E-state index in [9.17, 15) is 15.3 Å². The van der Waals surface area contributed by atoms with Gasteiger partial charge in [-0.2, -0.15) is 0 Å². The van der Waals surface area contributed by atoms with Crippen molar-refractivity contribution in [3.05, 3.63) is 35.9 Å². The van der Waals surface area contributed by atoms with Gasteiger partial charge in [0.2, 0.25) is 5.79 Å². The lowest BCUT2D eigenvalue weighted by Gasteiger charge is -2.22. The first kappa shape index (κ1) is 14.4. The Morgan fingerprint density at radius 1 is 1.21 bits per heavy atom. The molecule has 1 aliphatic heterocycles. The summed E-state index contributed by atoms with van der Waals surface area (Å²) in [6.45, 7) is 0.0803. The largest absolute Gasteiger partial charge is 0.391 e. The molecule has 1 heterocycles. The first-order valence-electron chi connectivity index (χ1n) is 6.18. The molecule has 1 unspecified atom stereocenters. The number of benzene rings is 1. The zero-order chi connectivity index (χ0) is 13.9. The normalized spacial score (nSPS) is 34.6. The number of rotatable bonds is 5. The highest BCUT2D eigenvalue weighted by molar-refractivity contribution is 5.14. The fourth-order valence-corrected chi connectivity index (χ4v) is 2.12. The molecule has 0 bridgehead atoms. The molecular formula is C13H19NO5. The van der Waals surface area contributed by atoms with Crippen LogP contribution in [0, 0.1) is 0 Å². The molecule has 1 aliphatic rings. The average molecular weight is 269 g/mol. The number of nitrogens with one attached hydrogen (secondary N) is 1. The topological polar surface area (TPSA) is 102 Å². The van der Waals surface area contributed by atoms with Gasteiger partial charge in [0, 0.05) is 13.1 Å². The molecule has 0 aromatic heterocycles. The Bertz CT molecular complexity index is 401. The number of aliphatic hydroxyl groups excluding tert-OH is 3. The number of ether oxygens (including phenoxy) is 1. The Morgan fingerprint density at radius 3 is 2.47 bits per heavy atom. The van der Waals surface area contributed by atoms with Crippen LogP contribution in [0.25, 0.3) is 0 Å². The third kappa shape index (κ3) is 3.11. The minimum Gasteiger partial charge on any atom is -0.391 e. The minimum absolute atomic E-state index is 0.259. The maximum Gasteiger partial charge on any atom is 0.219 e. The number of hydrogen-bond acceptors (Lipinski definition) is 6. The smallest absolute Gasteiger partial charge is 0.219 e. The third-order valence-corrected chi connectivity index (χ3v) is 3.27. The zero-order valence-electron chi connectivity index (χ0n) is 10.4. The molecule has 1 aromatic rings. The van der Waals surface area contributed by atoms with Crippen LogP contribution >= 0.6 is 0 Å². The Morgan fingerprint density at radius 2 is 1.89 bits per heavy atom. The molecule has 6 nitrogen and oxygen atoms in total. The molecule has 0 aliphatic carbocycles. The molecule has 0 amide bonds. The van der Waals surface area contributed by atoms with Crippen molar-refractivity contribution in [3.8, 4) is 0 Å². The molecule has 5 N–H and O–H groups in total. The predicted molar refractivity (Wildman–Crippen MR) is 67.1 cm³/mol. The van der Waals surface area contributed by atoms with E-state index in [-0.39, 0.29) is 6.54 Å². The summed E-state index contributed by atoms with van der Waals surface area (Å²) in [6, 6.07) is 9.68. The quantitative estimate of drug-likeness (QED) is 0.449. The van der Waals surface area contributed by atoms with E-state index in [0.29, 0.717) is 6.54 Å². The van der Waals surface area contributed by atoms with Crippen LogP contribution in [-0.4, -0.2) is 57.7 Å². The lowest BCUT2D eigenvalue weighted by atomic mass is 10.1. The van der Waals surface area contributed by atoms with Crippen LogP contribution in [0.1, 0.15) is 5.56 Å². The Kier molecular flexibility index (Phi) is 4.51. The van der Waals surface area contributed by atoms with Gasteiger partial charge in [0.15, 0.2) is 0 Å². The summed E-state index contributed by atoms with van der Waals surface area (Å²) in [4.78, 5) is 0. The van der Waals surface area contributed by atoms with Crippen LogP contribution in [0.15, 0.2) is 30.3 Å². The van der Waals surface area contributed by atoms with Crippen molar-refractivity contribution in [3.63, 3.8) is 0 Å². The highest BCUT2D eigenvalue weighted by atomic mass is 16.7. The molecule has 1 fully saturated rings. The Labute approximate surface area is 111 Å². The van der Waals surface area contributed by atoms with Gasteiger partial charge in [-0.1, -0.05) is 30.3 Å². The molecule has 0 radical (unpaired) electrons. The number of hydrogen-bond donors (Lipinski definition) is 5. The molecule has 0 saturated carbocycles. The van der Waals surface area contributed by atoms with Gasteiger partial charge >= 0.3 is 0 Å². The van der Waals surface area contributed by atoms with Gasteiger partial charge in [0.05, 0.1) is 6.61 Å². The summed E-state index contributed by atoms with van der Waals surface area (Å²) in [7, 11) is 0. The zero-order valence-corrected chi connectivity index (χ0v) is 10.4. The van der Waals surface area contributed by atoms with E-state index in [1.807, 2.05) is 30.3 Å². The highest BCUT2D eigenvalue weighted by Gasteiger charge is 2.52. The lowest BCUT2D eigenvalue weighted by molar-refractivity contribution is -0.245. The van der Waals surface area contributed by atoms with Gasteiger partial charge in [-0.3, -0.25) is 0 Å². The van der Waals surface area contributed by atoms with Crippen LogP contribution in [0.3, 0.4) is 0 Å². The Balaban J connectivity index is 1.84. The molecule has 1 saturated heterocycles. The fourth-order valence-electron chi connectivity index (χ4n) is 2.12. The maximum atomic E-state index is 9.74. The Hall–Kier alpha value is -1.02. The molecule has 106 valence electrons. The summed E-state index contributed by atoms with van der Waals surface area (Å²) in [6.07, 6.45) is -3.52. The van der Waals surface area contributed by atoms with Gasteiger partial charge in [0.25, 0.3) is 0 Å². The van der Waals surface area contributed by atoms with Crippen LogP contribution in [0.4, 0.5) is 0 Å². The maximum absolute atomic E-state index is 9.74. The van der Waals surface area contributed by atoms with Gasteiger partial charge in [-0.05, 0) is 5.56 Å². The molecular weight excluding hydrogens is 250 g/mol. The highest BCUT2D eigenvalue weighted by Crippen LogP contribution is 2.28. The predicted octanol–water partition coefficient (Wildman–Crippen LogP) is -1.42. The van der Waals surface area contributed by atoms with Gasteiger partial charge < -0.3 is 30.5 Å². The van der Waals surface area contributed by atoms with Gasteiger partial charge in [0.1, 0.15) is 18.3 Å². The van der Waals surface area contributed by atoms with E-state index in [1.165, 1.54) is 0 Å². The number of aliphatic hydroxyl groups is 4. The summed E-state index contributed by atoms with van der Waals surface area (Å²) in [5.41, 5.74) is 1.08. The second-order valence-electron chi connectivity index (χ2n) is 4.71. The van der Waals surface area contributed by atoms with E-state index in [4.69, 9.17) is 9.84 Å². The molecule has 0 spiro atoms. The minimum atomic E-state index is -2.08. The van der Waals surface area contributed by atoms with Crippen molar-refractivity contribution in [1.29, 1.82) is 0 Å². The molecule has 6 heteroatoms. The van der Waals surface area contributed by atoms with E-state index >= 15 is 0 Å². The first-order chi connectivity index (χ1) is 9.07. The van der Waals surface area contributed by atoms with E-state index in [1.54, 1.807) is 0 Å². The summed E-state index contributed by atoms with van der Waals surface area (Å²) >= 11 is 0. The summed E-state index contributed by atoms with van der Waals surface area (Å²) < 4.78 is 5.10. The molecule has 2 rings (SSSR count). The van der Waals surface area contributed by atoms with Crippen LogP contribution in [-0.2, 0) is 11.3 Å². The van der Waals surface area contributed by atoms with Crippen molar-refractivity contribution < 1.29 is 25.2 Å². The molecule has 4 atom stereocenters. The second kappa shape index (κ2) is 5.96. The van der Waals surface area contributed by atoms with Crippen LogP contribution < -0.4 is 5.32 Å². The van der Waals surface area contributed by atoms with Crippen molar-refractivity contribution in [2.75, 3.05) is 13.2 Å². The SMILES string of the molecule is OCC1(O)O[C@@H](CNCc2ccccc2)[C@H](O)[C@@H]1O. The van der Waals surface area contributed by atoms with Crippen LogP contribution in [0.2, 0.25) is 0 Å². The third-order valence-electron chi connectivity index (χ3n) is 3.27. The van der Waals surface area contributed by atoms with Crippen molar-refractivity contribution >= 4 is 0 Å². The van der Waals surface area contributed by atoms with E-state index in [2.05, 4.69) is 5.32 Å². The van der Waals surface area contributed by atoms with Crippen molar-refractivity contribution in [2.24, 2.45) is 0 Å². The second-order valence-corrected chi connectivity index (χ2v) is 4.71. The standard InChI is InChI=1S/C13H19NO5/c15-8-13(18)12(17)11(16)10(19-13)7-14-6-9-4-2-1-3-5-9/h1-5,10-12,14-18H,6-8H2/t10-,11-,12-,13?/m0/s1. The van der Waals surface area contributed by atoms with Crippen LogP contribution in [0.5, 0.6) is 0 Å². The van der Waals surface area contributed by atoms with E-state index in [0.717, 1.165) is 5.56 Å². The summed E-state index contributed by atoms with van der Waals surface area (Å²) in [5, 5.41) is 41.1. The molecule has 19 heavy (non-hydrogen) atoms. The lowest BCUT2D eigenvalue weighted by Crippen LogP contribution is -2.46. The first-order valence-corrected chi connectivity index (χ1v) is 6.18. The molecule has 1 aromatic carbocycles. The van der Waals surface area contributed by atoms with Gasteiger partial charge in [-0.25, -0.2) is 0 Å². The fraction of sp³-hybridized carbons (Fsp3) is 0.538. The van der Waals surface area contributed by atoms with Crippen molar-refractivity contribution in [1.82, 2.24) is 5.32 Å². The monoisotopic (exact) mass is 269 g/mol. The average Bonchev–Trinajstić information content (AvgIpc) is 2.65. The van der Waals surface area contributed by atoms with Crippen molar-refractivity contribution in [2.45, 2.75) is 30.6 Å². The summed E-state index contributed by atoms with van der Waals surface area (Å²) in [5.74, 6) is -2.08. The van der Waals surface area contributed by atoms with E-state index < -0.39 is 30.7 Å².